The Labute approximate surface area is 97.4 Å². The Kier molecular flexibility index (Phi) is 2.23. The van der Waals surface area contributed by atoms with E-state index in [0.717, 1.165) is 29.7 Å². The third-order valence-electron chi connectivity index (χ3n) is 3.00. The quantitative estimate of drug-likeness (QED) is 0.731. The Bertz CT molecular complexity index is 618. The number of aromatic amines is 1. The topological polar surface area (TPSA) is 44.9 Å². The summed E-state index contributed by atoms with van der Waals surface area (Å²) in [6, 6.07) is 5.39. The summed E-state index contributed by atoms with van der Waals surface area (Å²) in [7, 11) is 0. The molecule has 4 heteroatoms. The zero-order valence-electron chi connectivity index (χ0n) is 8.64. The maximum Gasteiger partial charge on any atom is 0.194 e. The lowest BCUT2D eigenvalue weighted by Crippen LogP contribution is -2.30. The highest BCUT2D eigenvalue weighted by molar-refractivity contribution is 6.31. The van der Waals surface area contributed by atoms with Crippen LogP contribution in [0.4, 0.5) is 0 Å². The fraction of sp³-hybridized carbons (Fsp3) is 0.250. The highest BCUT2D eigenvalue weighted by Crippen LogP contribution is 2.18. The molecule has 0 unspecified atom stereocenters. The Balaban J connectivity index is 2.40. The molecule has 0 amide bonds. The molecule has 2 N–H and O–H groups in total. The molecule has 2 heterocycles. The van der Waals surface area contributed by atoms with E-state index in [1.807, 2.05) is 6.07 Å². The summed E-state index contributed by atoms with van der Waals surface area (Å²) in [5.41, 5.74) is 2.87. The molecular weight excluding hydrogens is 224 g/mol. The second-order valence-corrected chi connectivity index (χ2v) is 4.46. The van der Waals surface area contributed by atoms with Crippen molar-refractivity contribution in [3.63, 3.8) is 0 Å². The first-order chi connectivity index (χ1) is 7.75. The maximum atomic E-state index is 12.2. The van der Waals surface area contributed by atoms with Gasteiger partial charge in [-0.2, -0.15) is 0 Å². The first-order valence-corrected chi connectivity index (χ1v) is 5.67. The van der Waals surface area contributed by atoms with Crippen molar-refractivity contribution in [3.05, 3.63) is 44.7 Å². The van der Waals surface area contributed by atoms with Gasteiger partial charge < -0.3 is 10.3 Å². The van der Waals surface area contributed by atoms with Gasteiger partial charge in [0.05, 0.1) is 0 Å². The zero-order chi connectivity index (χ0) is 11.1. The van der Waals surface area contributed by atoms with Gasteiger partial charge in [-0.15, -0.1) is 0 Å². The van der Waals surface area contributed by atoms with Gasteiger partial charge in [-0.1, -0.05) is 11.6 Å². The average Bonchev–Trinajstić information content (AvgIpc) is 2.31. The molecular formula is C12H11ClN2O. The van der Waals surface area contributed by atoms with Crippen molar-refractivity contribution >= 4 is 22.5 Å². The van der Waals surface area contributed by atoms with Gasteiger partial charge in [0.25, 0.3) is 0 Å². The Morgan fingerprint density at radius 1 is 1.31 bits per heavy atom. The summed E-state index contributed by atoms with van der Waals surface area (Å²) in [5.74, 6) is 0. The van der Waals surface area contributed by atoms with E-state index in [1.54, 1.807) is 12.1 Å². The fourth-order valence-electron chi connectivity index (χ4n) is 2.18. The standard InChI is InChI=1S/C12H11ClN2O/c13-7-1-2-10-8(5-7)12(16)9-6-14-4-3-11(9)15-10/h1-2,5,14H,3-4,6H2,(H,15,16). The van der Waals surface area contributed by atoms with Gasteiger partial charge in [0.2, 0.25) is 0 Å². The molecule has 1 aliphatic heterocycles. The molecule has 1 aromatic heterocycles. The number of aromatic nitrogens is 1. The van der Waals surface area contributed by atoms with Crippen LogP contribution < -0.4 is 10.7 Å². The van der Waals surface area contributed by atoms with Crippen molar-refractivity contribution in [2.45, 2.75) is 13.0 Å². The van der Waals surface area contributed by atoms with Gasteiger partial charge in [-0.25, -0.2) is 0 Å². The van der Waals surface area contributed by atoms with Crippen LogP contribution in [0.2, 0.25) is 5.02 Å². The van der Waals surface area contributed by atoms with E-state index in [2.05, 4.69) is 10.3 Å². The molecule has 82 valence electrons. The van der Waals surface area contributed by atoms with Crippen molar-refractivity contribution in [1.82, 2.24) is 10.3 Å². The number of rotatable bonds is 0. The molecule has 0 aliphatic carbocycles. The predicted octanol–water partition coefficient (Wildman–Crippen LogP) is 1.83. The first-order valence-electron chi connectivity index (χ1n) is 5.30. The smallest absolute Gasteiger partial charge is 0.194 e. The lowest BCUT2D eigenvalue weighted by molar-refractivity contribution is 0.629. The molecule has 3 nitrogen and oxygen atoms in total. The molecule has 3 rings (SSSR count). The molecule has 1 aliphatic rings. The van der Waals surface area contributed by atoms with Crippen LogP contribution >= 0.6 is 11.6 Å². The van der Waals surface area contributed by atoms with E-state index in [4.69, 9.17) is 11.6 Å². The van der Waals surface area contributed by atoms with Crippen molar-refractivity contribution in [3.8, 4) is 0 Å². The van der Waals surface area contributed by atoms with Crippen LogP contribution in [0.3, 0.4) is 0 Å². The number of pyridine rings is 1. The highest BCUT2D eigenvalue weighted by atomic mass is 35.5. The van der Waals surface area contributed by atoms with Crippen LogP contribution in [0.5, 0.6) is 0 Å². The van der Waals surface area contributed by atoms with E-state index in [-0.39, 0.29) is 5.43 Å². The normalized spacial score (nSPS) is 15.1. The number of halogens is 1. The van der Waals surface area contributed by atoms with Gasteiger partial charge in [-0.05, 0) is 18.2 Å². The summed E-state index contributed by atoms with van der Waals surface area (Å²) in [4.78, 5) is 15.5. The summed E-state index contributed by atoms with van der Waals surface area (Å²) in [5, 5.41) is 4.48. The third-order valence-corrected chi connectivity index (χ3v) is 3.24. The van der Waals surface area contributed by atoms with E-state index in [0.29, 0.717) is 17.0 Å². The Morgan fingerprint density at radius 3 is 3.06 bits per heavy atom. The van der Waals surface area contributed by atoms with Crippen molar-refractivity contribution in [2.24, 2.45) is 0 Å². The summed E-state index contributed by atoms with van der Waals surface area (Å²) < 4.78 is 0. The molecule has 0 spiro atoms. The molecule has 0 atom stereocenters. The van der Waals surface area contributed by atoms with Gasteiger partial charge in [0.1, 0.15) is 0 Å². The first kappa shape index (κ1) is 9.87. The van der Waals surface area contributed by atoms with Crippen LogP contribution in [0, 0.1) is 0 Å². The highest BCUT2D eigenvalue weighted by Gasteiger charge is 2.14. The molecule has 0 radical (unpaired) electrons. The monoisotopic (exact) mass is 234 g/mol. The molecule has 16 heavy (non-hydrogen) atoms. The van der Waals surface area contributed by atoms with Gasteiger partial charge >= 0.3 is 0 Å². The van der Waals surface area contributed by atoms with Crippen molar-refractivity contribution in [1.29, 1.82) is 0 Å². The summed E-state index contributed by atoms with van der Waals surface area (Å²) >= 11 is 5.91. The van der Waals surface area contributed by atoms with Gasteiger partial charge in [0, 0.05) is 46.7 Å². The minimum atomic E-state index is 0.0958. The SMILES string of the molecule is O=c1c2c([nH]c3ccc(Cl)cc13)CCNC2. The number of H-pyrrole nitrogens is 1. The number of benzene rings is 1. The van der Waals surface area contributed by atoms with E-state index >= 15 is 0 Å². The Morgan fingerprint density at radius 2 is 2.19 bits per heavy atom. The predicted molar refractivity (Wildman–Crippen MR) is 65.0 cm³/mol. The second-order valence-electron chi connectivity index (χ2n) is 4.03. The number of hydrogen-bond donors (Lipinski definition) is 2. The minimum Gasteiger partial charge on any atom is -0.358 e. The average molecular weight is 235 g/mol. The van der Waals surface area contributed by atoms with Crippen LogP contribution in [-0.2, 0) is 13.0 Å². The maximum absolute atomic E-state index is 12.2. The number of nitrogens with one attached hydrogen (secondary N) is 2. The lowest BCUT2D eigenvalue weighted by Gasteiger charge is -2.17. The summed E-state index contributed by atoms with van der Waals surface area (Å²) in [6.07, 6.45) is 0.878. The van der Waals surface area contributed by atoms with E-state index in [9.17, 15) is 4.79 Å². The van der Waals surface area contributed by atoms with Crippen LogP contribution in [0.25, 0.3) is 10.9 Å². The van der Waals surface area contributed by atoms with Gasteiger partial charge in [-0.3, -0.25) is 4.79 Å². The second kappa shape index (κ2) is 3.61. The molecule has 2 aromatic rings. The molecule has 0 fully saturated rings. The third kappa shape index (κ3) is 1.44. The molecule has 0 bridgehead atoms. The van der Waals surface area contributed by atoms with Crippen molar-refractivity contribution < 1.29 is 0 Å². The van der Waals surface area contributed by atoms with Crippen molar-refractivity contribution in [2.75, 3.05) is 6.54 Å². The van der Waals surface area contributed by atoms with Crippen LogP contribution in [-0.4, -0.2) is 11.5 Å². The summed E-state index contributed by atoms with van der Waals surface area (Å²) in [6.45, 7) is 1.56. The van der Waals surface area contributed by atoms with E-state index in [1.165, 1.54) is 0 Å². The largest absolute Gasteiger partial charge is 0.358 e. The number of fused-ring (bicyclic) bond motifs is 2. The fourth-order valence-corrected chi connectivity index (χ4v) is 2.35. The Hall–Kier alpha value is -1.32. The zero-order valence-corrected chi connectivity index (χ0v) is 9.40. The molecule has 0 saturated heterocycles. The van der Waals surface area contributed by atoms with E-state index < -0.39 is 0 Å². The van der Waals surface area contributed by atoms with Crippen LogP contribution in [0.1, 0.15) is 11.3 Å². The van der Waals surface area contributed by atoms with Gasteiger partial charge in [0.15, 0.2) is 5.43 Å². The lowest BCUT2D eigenvalue weighted by atomic mass is 10.0. The number of hydrogen-bond acceptors (Lipinski definition) is 2. The minimum absolute atomic E-state index is 0.0958. The molecule has 0 saturated carbocycles. The molecule has 1 aromatic carbocycles. The van der Waals surface area contributed by atoms with Crippen LogP contribution in [0.15, 0.2) is 23.0 Å².